The van der Waals surface area contributed by atoms with Crippen LogP contribution < -0.4 is 5.32 Å². The molecule has 1 aromatic rings. The van der Waals surface area contributed by atoms with E-state index in [4.69, 9.17) is 4.74 Å². The zero-order valence-electron chi connectivity index (χ0n) is 13.9. The van der Waals surface area contributed by atoms with Gasteiger partial charge in [0.05, 0.1) is 17.5 Å². The third kappa shape index (κ3) is 4.70. The van der Waals surface area contributed by atoms with Gasteiger partial charge in [0.1, 0.15) is 0 Å². The molecular weight excluding hydrogens is 278 g/mol. The Bertz CT molecular complexity index is 499. The largest absolute Gasteiger partial charge is 0.376 e. The van der Waals surface area contributed by atoms with E-state index in [0.717, 1.165) is 49.5 Å². The lowest BCUT2D eigenvalue weighted by atomic mass is 10.1. The van der Waals surface area contributed by atoms with Crippen molar-refractivity contribution in [2.24, 2.45) is 0 Å². The van der Waals surface area contributed by atoms with Crippen molar-refractivity contribution >= 4 is 11.7 Å². The Morgan fingerprint density at radius 1 is 1.41 bits per heavy atom. The quantitative estimate of drug-likeness (QED) is 0.905. The summed E-state index contributed by atoms with van der Waals surface area (Å²) in [4.78, 5) is 18.8. The van der Waals surface area contributed by atoms with Crippen LogP contribution in [0.5, 0.6) is 0 Å². The van der Waals surface area contributed by atoms with Crippen molar-refractivity contribution < 1.29 is 9.53 Å². The number of aromatic nitrogens is 1. The van der Waals surface area contributed by atoms with Crippen molar-refractivity contribution in [1.82, 2.24) is 9.88 Å². The van der Waals surface area contributed by atoms with Crippen LogP contribution in [0.3, 0.4) is 0 Å². The molecular formula is C17H27N3O2. The summed E-state index contributed by atoms with van der Waals surface area (Å²) in [5.74, 6) is 0. The molecule has 1 N–H and O–H groups in total. The van der Waals surface area contributed by atoms with Gasteiger partial charge in [0, 0.05) is 25.4 Å². The fraction of sp³-hybridized carbons (Fsp3) is 0.647. The monoisotopic (exact) mass is 305 g/mol. The van der Waals surface area contributed by atoms with Crippen LogP contribution in [-0.2, 0) is 4.74 Å². The van der Waals surface area contributed by atoms with E-state index < -0.39 is 0 Å². The molecule has 2 heterocycles. The standard InChI is InChI=1S/C17H27N3O2/c1-4-10-20(12-15-7-5-6-11-22-15)17(21)19-16-9-8-13(2)18-14(16)3/h8-9,15H,4-7,10-12H2,1-3H3,(H,19,21)/t15-/m0/s1. The molecule has 2 rings (SSSR count). The van der Waals surface area contributed by atoms with Crippen molar-refractivity contribution in [3.63, 3.8) is 0 Å². The Kier molecular flexibility index (Phi) is 6.19. The summed E-state index contributed by atoms with van der Waals surface area (Å²) in [7, 11) is 0. The number of rotatable bonds is 5. The van der Waals surface area contributed by atoms with E-state index >= 15 is 0 Å². The highest BCUT2D eigenvalue weighted by atomic mass is 16.5. The van der Waals surface area contributed by atoms with Gasteiger partial charge < -0.3 is 15.0 Å². The molecule has 0 bridgehead atoms. The number of pyridine rings is 1. The van der Waals surface area contributed by atoms with E-state index in [0.29, 0.717) is 6.54 Å². The Hall–Kier alpha value is -1.62. The van der Waals surface area contributed by atoms with Gasteiger partial charge in [0.2, 0.25) is 0 Å². The maximum atomic E-state index is 12.5. The molecule has 1 atom stereocenters. The average molecular weight is 305 g/mol. The topological polar surface area (TPSA) is 54.5 Å². The number of hydrogen-bond acceptors (Lipinski definition) is 3. The normalized spacial score (nSPS) is 18.0. The van der Waals surface area contributed by atoms with E-state index in [9.17, 15) is 4.79 Å². The molecule has 1 aliphatic rings. The second kappa shape index (κ2) is 8.13. The first-order valence-electron chi connectivity index (χ1n) is 8.22. The highest BCUT2D eigenvalue weighted by Crippen LogP contribution is 2.16. The lowest BCUT2D eigenvalue weighted by Crippen LogP contribution is -2.42. The number of ether oxygens (including phenoxy) is 1. The maximum Gasteiger partial charge on any atom is 0.321 e. The summed E-state index contributed by atoms with van der Waals surface area (Å²) in [5.41, 5.74) is 2.58. The maximum absolute atomic E-state index is 12.5. The highest BCUT2D eigenvalue weighted by molar-refractivity contribution is 5.89. The first kappa shape index (κ1) is 16.7. The zero-order valence-corrected chi connectivity index (χ0v) is 13.9. The van der Waals surface area contributed by atoms with Crippen LogP contribution in [0, 0.1) is 13.8 Å². The molecule has 2 amide bonds. The minimum atomic E-state index is -0.0650. The van der Waals surface area contributed by atoms with Crippen molar-refractivity contribution in [3.8, 4) is 0 Å². The van der Waals surface area contributed by atoms with Gasteiger partial charge >= 0.3 is 6.03 Å². The number of aryl methyl sites for hydroxylation is 2. The van der Waals surface area contributed by atoms with Crippen LogP contribution in [-0.4, -0.2) is 41.7 Å². The van der Waals surface area contributed by atoms with Gasteiger partial charge in [-0.3, -0.25) is 4.98 Å². The number of carbonyl (C=O) groups excluding carboxylic acids is 1. The van der Waals surface area contributed by atoms with Crippen LogP contribution in [0.25, 0.3) is 0 Å². The molecule has 22 heavy (non-hydrogen) atoms. The third-order valence-electron chi connectivity index (χ3n) is 3.95. The Labute approximate surface area is 133 Å². The Morgan fingerprint density at radius 3 is 2.86 bits per heavy atom. The van der Waals surface area contributed by atoms with E-state index in [1.54, 1.807) is 0 Å². The van der Waals surface area contributed by atoms with Gasteiger partial charge in [-0.1, -0.05) is 6.92 Å². The second-order valence-electron chi connectivity index (χ2n) is 5.95. The molecule has 0 radical (unpaired) electrons. The number of carbonyl (C=O) groups is 1. The van der Waals surface area contributed by atoms with Crippen molar-refractivity contribution in [2.75, 3.05) is 25.0 Å². The zero-order chi connectivity index (χ0) is 15.9. The number of urea groups is 1. The third-order valence-corrected chi connectivity index (χ3v) is 3.95. The molecule has 1 saturated heterocycles. The minimum absolute atomic E-state index is 0.0650. The van der Waals surface area contributed by atoms with Crippen molar-refractivity contribution in [1.29, 1.82) is 0 Å². The van der Waals surface area contributed by atoms with Crippen LogP contribution in [0.15, 0.2) is 12.1 Å². The SMILES string of the molecule is CCCN(C[C@@H]1CCCCO1)C(=O)Nc1ccc(C)nc1C. The molecule has 0 aromatic carbocycles. The molecule has 0 aliphatic carbocycles. The summed E-state index contributed by atoms with van der Waals surface area (Å²) in [6.45, 7) is 8.16. The van der Waals surface area contributed by atoms with Crippen molar-refractivity contribution in [2.45, 2.75) is 52.6 Å². The fourth-order valence-electron chi connectivity index (χ4n) is 2.76. The van der Waals surface area contributed by atoms with E-state index in [2.05, 4.69) is 17.2 Å². The first-order chi connectivity index (χ1) is 10.6. The van der Waals surface area contributed by atoms with Crippen LogP contribution >= 0.6 is 0 Å². The van der Waals surface area contributed by atoms with Gasteiger partial charge in [-0.05, 0) is 51.7 Å². The van der Waals surface area contributed by atoms with Gasteiger partial charge in [0.15, 0.2) is 0 Å². The van der Waals surface area contributed by atoms with E-state index in [-0.39, 0.29) is 12.1 Å². The number of nitrogens with zero attached hydrogens (tertiary/aromatic N) is 2. The number of anilines is 1. The highest BCUT2D eigenvalue weighted by Gasteiger charge is 2.21. The molecule has 0 spiro atoms. The molecule has 0 saturated carbocycles. The predicted octanol–water partition coefficient (Wildman–Crippen LogP) is 3.51. The molecule has 1 aliphatic heterocycles. The summed E-state index contributed by atoms with van der Waals surface area (Å²) in [6.07, 6.45) is 4.46. The lowest BCUT2D eigenvalue weighted by Gasteiger charge is -2.30. The van der Waals surface area contributed by atoms with Crippen molar-refractivity contribution in [3.05, 3.63) is 23.5 Å². The fourth-order valence-corrected chi connectivity index (χ4v) is 2.76. The first-order valence-corrected chi connectivity index (χ1v) is 8.22. The van der Waals surface area contributed by atoms with E-state index in [1.165, 1.54) is 6.42 Å². The van der Waals surface area contributed by atoms with Gasteiger partial charge in [-0.15, -0.1) is 0 Å². The molecule has 5 nitrogen and oxygen atoms in total. The summed E-state index contributed by atoms with van der Waals surface area (Å²) >= 11 is 0. The molecule has 0 unspecified atom stereocenters. The predicted molar refractivity (Wildman–Crippen MR) is 88.2 cm³/mol. The summed E-state index contributed by atoms with van der Waals surface area (Å²) < 4.78 is 5.76. The van der Waals surface area contributed by atoms with Crippen LogP contribution in [0.2, 0.25) is 0 Å². The molecule has 1 aromatic heterocycles. The van der Waals surface area contributed by atoms with Crippen LogP contribution in [0.1, 0.15) is 44.0 Å². The second-order valence-corrected chi connectivity index (χ2v) is 5.95. The Balaban J connectivity index is 1.98. The van der Waals surface area contributed by atoms with Gasteiger partial charge in [-0.25, -0.2) is 4.79 Å². The minimum Gasteiger partial charge on any atom is -0.376 e. The summed E-state index contributed by atoms with van der Waals surface area (Å²) in [6, 6.07) is 3.76. The molecule has 122 valence electrons. The smallest absolute Gasteiger partial charge is 0.321 e. The average Bonchev–Trinajstić information content (AvgIpc) is 2.50. The lowest BCUT2D eigenvalue weighted by molar-refractivity contribution is 0.00161. The van der Waals surface area contributed by atoms with Crippen LogP contribution in [0.4, 0.5) is 10.5 Å². The number of amides is 2. The number of nitrogens with one attached hydrogen (secondary N) is 1. The number of hydrogen-bond donors (Lipinski definition) is 1. The van der Waals surface area contributed by atoms with E-state index in [1.807, 2.05) is 30.9 Å². The van der Waals surface area contributed by atoms with Gasteiger partial charge in [-0.2, -0.15) is 0 Å². The molecule has 1 fully saturated rings. The summed E-state index contributed by atoms with van der Waals surface area (Å²) in [5, 5.41) is 2.98. The van der Waals surface area contributed by atoms with Gasteiger partial charge in [0.25, 0.3) is 0 Å². The molecule has 5 heteroatoms. The Morgan fingerprint density at radius 2 is 2.23 bits per heavy atom.